The van der Waals surface area contributed by atoms with Crippen LogP contribution in [0.3, 0.4) is 0 Å². The fraction of sp³-hybridized carbons (Fsp3) is 0.860. The molecule has 370 valence electrons. The van der Waals surface area contributed by atoms with Crippen LogP contribution in [-0.4, -0.2) is 82.1 Å². The highest BCUT2D eigenvalue weighted by Crippen LogP contribution is 2.29. The summed E-state index contributed by atoms with van der Waals surface area (Å²) in [4.78, 5) is 87.8. The van der Waals surface area contributed by atoms with Crippen LogP contribution >= 0.6 is 0 Å². The number of carbonyl (C=O) groups excluding carboxylic acids is 6. The number of aliphatic carboxylic acids is 1. The highest BCUT2D eigenvalue weighted by Gasteiger charge is 2.33. The van der Waals surface area contributed by atoms with E-state index in [9.17, 15) is 33.6 Å². The smallest absolute Gasteiger partial charge is 0.329 e. The standard InChI is InChI=1S/C50H89N3O11/c1-48(2,3)62-44(58)27-25-23-21-19-17-15-13-11-10-12-14-16-18-20-22-24-26-41(54)51-36-37-28-30-38(31-29-37)45(59)53-40(47(61)64-50(7,8)9)32-34-42(55)52-39(33-35-43(56)57)46(60)63-49(4,5)6/h37-40H,10-36H2,1-9H3,(H,51,54)(H,52,55)(H,53,59)(H,56,57). The SMILES string of the molecule is CC(C)(C)OC(=O)CCCCCCCCCCCCCCCCCCC(=O)NCC1CCC(C(=O)NC(CCC(=O)NC(CCC(=O)O)C(=O)OC(C)(C)C)C(=O)OC(C)(C)C)CC1. The van der Waals surface area contributed by atoms with Crippen LogP contribution in [0.15, 0.2) is 0 Å². The van der Waals surface area contributed by atoms with Crippen LogP contribution in [0.5, 0.6) is 0 Å². The van der Waals surface area contributed by atoms with Gasteiger partial charge < -0.3 is 35.3 Å². The molecule has 0 heterocycles. The zero-order valence-electron chi connectivity index (χ0n) is 41.4. The molecule has 0 bridgehead atoms. The molecule has 0 aliphatic heterocycles. The second-order valence-electron chi connectivity index (χ2n) is 21.0. The van der Waals surface area contributed by atoms with Gasteiger partial charge in [-0.3, -0.25) is 24.0 Å². The lowest BCUT2D eigenvalue weighted by Crippen LogP contribution is -2.48. The third kappa shape index (κ3) is 32.0. The van der Waals surface area contributed by atoms with Crippen molar-refractivity contribution >= 4 is 41.6 Å². The molecule has 1 rings (SSSR count). The summed E-state index contributed by atoms with van der Waals surface area (Å²) in [7, 11) is 0. The quantitative estimate of drug-likeness (QED) is 0.0284. The van der Waals surface area contributed by atoms with Crippen molar-refractivity contribution in [3.8, 4) is 0 Å². The zero-order valence-corrected chi connectivity index (χ0v) is 41.4. The third-order valence-electron chi connectivity index (χ3n) is 11.1. The van der Waals surface area contributed by atoms with Gasteiger partial charge in [-0.1, -0.05) is 89.9 Å². The second-order valence-corrected chi connectivity index (χ2v) is 21.0. The average Bonchev–Trinajstić information content (AvgIpc) is 3.17. The van der Waals surface area contributed by atoms with Gasteiger partial charge in [0.05, 0.1) is 0 Å². The number of hydrogen-bond donors (Lipinski definition) is 4. The van der Waals surface area contributed by atoms with Gasteiger partial charge in [-0.2, -0.15) is 0 Å². The van der Waals surface area contributed by atoms with E-state index in [2.05, 4.69) is 16.0 Å². The number of amides is 3. The van der Waals surface area contributed by atoms with Gasteiger partial charge in [0.25, 0.3) is 0 Å². The number of esters is 3. The monoisotopic (exact) mass is 908 g/mol. The van der Waals surface area contributed by atoms with Crippen molar-refractivity contribution < 1.29 is 52.9 Å². The van der Waals surface area contributed by atoms with Crippen molar-refractivity contribution in [3.05, 3.63) is 0 Å². The predicted molar refractivity (Wildman–Crippen MR) is 249 cm³/mol. The van der Waals surface area contributed by atoms with Crippen LogP contribution in [0, 0.1) is 11.8 Å². The number of carboxylic acids is 1. The van der Waals surface area contributed by atoms with Crippen molar-refractivity contribution in [2.24, 2.45) is 11.8 Å². The largest absolute Gasteiger partial charge is 0.481 e. The molecule has 0 radical (unpaired) electrons. The molecular weight excluding hydrogens is 819 g/mol. The molecular formula is C50H89N3O11. The van der Waals surface area contributed by atoms with Crippen LogP contribution in [0.25, 0.3) is 0 Å². The predicted octanol–water partition coefficient (Wildman–Crippen LogP) is 9.57. The number of carboxylic acid groups (broad SMARTS) is 1. The zero-order chi connectivity index (χ0) is 48.2. The van der Waals surface area contributed by atoms with Gasteiger partial charge in [0.2, 0.25) is 17.7 Å². The van der Waals surface area contributed by atoms with Crippen molar-refractivity contribution in [3.63, 3.8) is 0 Å². The maximum absolute atomic E-state index is 13.4. The van der Waals surface area contributed by atoms with Gasteiger partial charge in [0.1, 0.15) is 28.9 Å². The first kappa shape index (κ1) is 58.3. The number of carbonyl (C=O) groups is 7. The van der Waals surface area contributed by atoms with E-state index in [4.69, 9.17) is 19.3 Å². The van der Waals surface area contributed by atoms with E-state index in [1.807, 2.05) is 20.8 Å². The summed E-state index contributed by atoms with van der Waals surface area (Å²) in [6.07, 6.45) is 22.1. The Morgan fingerprint density at radius 3 is 1.30 bits per heavy atom. The van der Waals surface area contributed by atoms with E-state index in [-0.39, 0.29) is 55.3 Å². The molecule has 14 nitrogen and oxygen atoms in total. The minimum Gasteiger partial charge on any atom is -0.481 e. The van der Waals surface area contributed by atoms with Gasteiger partial charge in [0.15, 0.2) is 0 Å². The molecule has 1 saturated carbocycles. The maximum Gasteiger partial charge on any atom is 0.329 e. The van der Waals surface area contributed by atoms with Crippen molar-refractivity contribution in [1.29, 1.82) is 0 Å². The Morgan fingerprint density at radius 1 is 0.484 bits per heavy atom. The second kappa shape index (κ2) is 31.2. The Labute approximate surface area is 386 Å². The van der Waals surface area contributed by atoms with Crippen LogP contribution in [0.4, 0.5) is 0 Å². The molecule has 2 atom stereocenters. The molecule has 3 amide bonds. The Hall–Kier alpha value is -3.71. The molecule has 0 saturated heterocycles. The van der Waals surface area contributed by atoms with Gasteiger partial charge in [-0.05, 0) is 120 Å². The van der Waals surface area contributed by atoms with Crippen molar-refractivity contribution in [2.45, 2.75) is 258 Å². The first-order chi connectivity index (χ1) is 29.9. The molecule has 0 aromatic heterocycles. The van der Waals surface area contributed by atoms with Gasteiger partial charge in [-0.25, -0.2) is 9.59 Å². The molecule has 0 aromatic rings. The van der Waals surface area contributed by atoms with E-state index in [0.29, 0.717) is 32.2 Å². The van der Waals surface area contributed by atoms with Crippen molar-refractivity contribution in [2.75, 3.05) is 6.54 Å². The van der Waals surface area contributed by atoms with Gasteiger partial charge in [-0.15, -0.1) is 0 Å². The Bertz CT molecular complexity index is 1400. The highest BCUT2D eigenvalue weighted by molar-refractivity contribution is 5.88. The number of hydrogen-bond acceptors (Lipinski definition) is 10. The van der Waals surface area contributed by atoms with Crippen molar-refractivity contribution in [1.82, 2.24) is 16.0 Å². The third-order valence-corrected chi connectivity index (χ3v) is 11.1. The summed E-state index contributed by atoms with van der Waals surface area (Å²) in [6, 6.07) is -2.29. The summed E-state index contributed by atoms with van der Waals surface area (Å²) in [5.41, 5.74) is -2.07. The minimum absolute atomic E-state index is 0.0709. The summed E-state index contributed by atoms with van der Waals surface area (Å²) in [5.74, 6) is -3.52. The fourth-order valence-electron chi connectivity index (χ4n) is 7.74. The molecule has 1 aliphatic carbocycles. The summed E-state index contributed by atoms with van der Waals surface area (Å²) < 4.78 is 16.3. The van der Waals surface area contributed by atoms with Gasteiger partial charge >= 0.3 is 23.9 Å². The minimum atomic E-state index is -1.19. The van der Waals surface area contributed by atoms with Crippen LogP contribution in [0.2, 0.25) is 0 Å². The fourth-order valence-corrected chi connectivity index (χ4v) is 7.74. The number of nitrogens with one attached hydrogen (secondary N) is 3. The maximum atomic E-state index is 13.4. The van der Waals surface area contributed by atoms with E-state index in [1.165, 1.54) is 70.6 Å². The Balaban J connectivity index is 2.27. The highest BCUT2D eigenvalue weighted by atomic mass is 16.6. The lowest BCUT2D eigenvalue weighted by Gasteiger charge is -2.30. The van der Waals surface area contributed by atoms with E-state index in [0.717, 1.165) is 44.9 Å². The normalized spacial score (nSPS) is 16.5. The first-order valence-corrected chi connectivity index (χ1v) is 24.7. The molecule has 0 spiro atoms. The number of ether oxygens (including phenoxy) is 3. The summed E-state index contributed by atoms with van der Waals surface area (Å²) >= 11 is 0. The molecule has 4 N–H and O–H groups in total. The molecule has 1 aliphatic rings. The van der Waals surface area contributed by atoms with E-state index in [1.54, 1.807) is 41.5 Å². The molecule has 14 heteroatoms. The Morgan fingerprint density at radius 2 is 0.875 bits per heavy atom. The number of rotatable bonds is 32. The molecule has 64 heavy (non-hydrogen) atoms. The van der Waals surface area contributed by atoms with Crippen LogP contribution in [0.1, 0.15) is 229 Å². The van der Waals surface area contributed by atoms with Gasteiger partial charge in [0, 0.05) is 38.1 Å². The summed E-state index contributed by atoms with van der Waals surface area (Å²) in [5, 5.41) is 17.6. The summed E-state index contributed by atoms with van der Waals surface area (Å²) in [6.45, 7) is 16.4. The van der Waals surface area contributed by atoms with E-state index >= 15 is 0 Å². The average molecular weight is 908 g/mol. The Kier molecular flexibility index (Phi) is 28.5. The lowest BCUT2D eigenvalue weighted by atomic mass is 9.81. The first-order valence-electron chi connectivity index (χ1n) is 24.7. The topological polar surface area (TPSA) is 203 Å². The molecule has 2 unspecified atom stereocenters. The van der Waals surface area contributed by atoms with Crippen LogP contribution < -0.4 is 16.0 Å². The lowest BCUT2D eigenvalue weighted by molar-refractivity contribution is -0.160. The molecule has 1 fully saturated rings. The molecule has 0 aromatic carbocycles. The van der Waals surface area contributed by atoms with E-state index < -0.39 is 52.7 Å². The van der Waals surface area contributed by atoms with Crippen LogP contribution in [-0.2, 0) is 47.8 Å². The number of unbranched alkanes of at least 4 members (excludes halogenated alkanes) is 15.